The van der Waals surface area contributed by atoms with Crippen molar-refractivity contribution < 1.29 is 9.59 Å². The molecule has 186 valence electrons. The number of halogens is 1. The molecule has 2 aliphatic carbocycles. The molecule has 3 aliphatic rings. The number of nitrogens with zero attached hydrogens (tertiary/aromatic N) is 2. The van der Waals surface area contributed by atoms with Gasteiger partial charge in [-0.15, -0.1) is 0 Å². The average molecular weight is 488 g/mol. The van der Waals surface area contributed by atoms with Crippen LogP contribution in [0, 0.1) is 24.2 Å². The van der Waals surface area contributed by atoms with E-state index in [1.54, 1.807) is 19.2 Å². The summed E-state index contributed by atoms with van der Waals surface area (Å²) in [6.45, 7) is 1.83. The molecule has 0 aromatic carbocycles. The van der Waals surface area contributed by atoms with Gasteiger partial charge in [0.05, 0.1) is 0 Å². The maximum Gasteiger partial charge on any atom is 0.254 e. The average Bonchev–Trinajstić information content (AvgIpc) is 3.01. The maximum atomic E-state index is 13.3. The van der Waals surface area contributed by atoms with Crippen LogP contribution in [0.2, 0.25) is 5.15 Å². The summed E-state index contributed by atoms with van der Waals surface area (Å²) >= 11 is 6.04. The molecule has 1 aromatic rings. The predicted molar refractivity (Wildman–Crippen MR) is 134 cm³/mol. The second kappa shape index (κ2) is 10.6. The number of likely N-dealkylation sites (N-methyl/N-ethyl adjacent to an activating group) is 1. The van der Waals surface area contributed by atoms with E-state index in [4.69, 9.17) is 17.0 Å². The first-order valence-corrected chi connectivity index (χ1v) is 13.2. The van der Waals surface area contributed by atoms with Crippen molar-refractivity contribution in [3.05, 3.63) is 28.5 Å². The number of carbonyl (C=O) groups is 2. The van der Waals surface area contributed by atoms with Gasteiger partial charge < -0.3 is 10.6 Å². The lowest BCUT2D eigenvalue weighted by Crippen LogP contribution is -2.50. The zero-order valence-corrected chi connectivity index (χ0v) is 21.2. The van der Waals surface area contributed by atoms with E-state index in [-0.39, 0.29) is 23.8 Å². The van der Waals surface area contributed by atoms with Crippen LogP contribution in [-0.2, 0) is 4.79 Å². The highest BCUT2D eigenvalue weighted by atomic mass is 35.5. The molecule has 2 amide bonds. The summed E-state index contributed by atoms with van der Waals surface area (Å²) in [5.74, 6) is 1.13. The van der Waals surface area contributed by atoms with Crippen LogP contribution < -0.4 is 10.6 Å². The molecule has 1 saturated heterocycles. The molecule has 34 heavy (non-hydrogen) atoms. The van der Waals surface area contributed by atoms with E-state index >= 15 is 0 Å². The third kappa shape index (κ3) is 5.73. The van der Waals surface area contributed by atoms with Gasteiger partial charge >= 0.3 is 0 Å². The van der Waals surface area contributed by atoms with Gasteiger partial charge in [-0.25, -0.2) is 4.98 Å². The van der Waals surface area contributed by atoms with Crippen LogP contribution in [0.25, 0.3) is 0 Å². The number of pyridine rings is 1. The summed E-state index contributed by atoms with van der Waals surface area (Å²) in [6.07, 6.45) is 12.8. The summed E-state index contributed by atoms with van der Waals surface area (Å²) in [5, 5.41) is 15.1. The minimum Gasteiger partial charge on any atom is -0.349 e. The van der Waals surface area contributed by atoms with Gasteiger partial charge in [-0.05, 0) is 63.0 Å². The van der Waals surface area contributed by atoms with Crippen molar-refractivity contribution in [2.75, 3.05) is 7.05 Å². The molecule has 0 unspecified atom stereocenters. The van der Waals surface area contributed by atoms with Crippen molar-refractivity contribution in [2.24, 2.45) is 11.8 Å². The van der Waals surface area contributed by atoms with E-state index in [1.807, 2.05) is 6.92 Å². The normalized spacial score (nSPS) is 28.1. The molecule has 2 heterocycles. The molecule has 2 saturated carbocycles. The number of amides is 2. The molecule has 0 radical (unpaired) electrons. The monoisotopic (exact) mass is 487 g/mol. The number of nitrogens with one attached hydrogen (secondary N) is 3. The zero-order chi connectivity index (χ0) is 24.3. The van der Waals surface area contributed by atoms with Gasteiger partial charge in [0.2, 0.25) is 0 Å². The van der Waals surface area contributed by atoms with Crippen molar-refractivity contribution in [3.63, 3.8) is 0 Å². The van der Waals surface area contributed by atoms with Crippen molar-refractivity contribution >= 4 is 29.4 Å². The maximum absolute atomic E-state index is 13.3. The highest BCUT2D eigenvalue weighted by molar-refractivity contribution is 6.29. The van der Waals surface area contributed by atoms with Crippen molar-refractivity contribution in [3.8, 4) is 0 Å². The molecule has 3 atom stereocenters. The minimum atomic E-state index is -0.685. The molecule has 0 spiro atoms. The number of hydrogen-bond donors (Lipinski definition) is 3. The number of rotatable bonds is 7. The Kier molecular flexibility index (Phi) is 7.80. The second-order valence-corrected chi connectivity index (χ2v) is 11.1. The summed E-state index contributed by atoms with van der Waals surface area (Å²) in [6, 6.07) is 3.43. The fraction of sp³-hybridized carbons (Fsp3) is 0.692. The standard InChI is InChI=1S/C26H38ClN5O2/c1-17-13-20(15-22(27)29-17)23(33)30-21-10-6-9-19(14-21)16-26(24(34)32(2)25(28)31-26)12-11-18-7-4-3-5-8-18/h13,15,18-19,21H,3-12,14,16H2,1-2H3,(H2,28,31)(H,30,33)/t19-,21-,26+/m0/s1. The molecule has 1 aliphatic heterocycles. The van der Waals surface area contributed by atoms with Crippen LogP contribution in [-0.4, -0.2) is 46.3 Å². The molecule has 4 rings (SSSR count). The van der Waals surface area contributed by atoms with Crippen LogP contribution in [0.1, 0.15) is 93.1 Å². The Morgan fingerprint density at radius 2 is 1.94 bits per heavy atom. The lowest BCUT2D eigenvalue weighted by molar-refractivity contribution is -0.131. The van der Waals surface area contributed by atoms with Crippen LogP contribution >= 0.6 is 11.6 Å². The van der Waals surface area contributed by atoms with Gasteiger partial charge in [-0.1, -0.05) is 56.5 Å². The van der Waals surface area contributed by atoms with Crippen LogP contribution in [0.4, 0.5) is 0 Å². The first-order valence-electron chi connectivity index (χ1n) is 12.9. The summed E-state index contributed by atoms with van der Waals surface area (Å²) in [5.41, 5.74) is 0.568. The van der Waals surface area contributed by atoms with E-state index in [1.165, 1.54) is 37.0 Å². The summed E-state index contributed by atoms with van der Waals surface area (Å²) < 4.78 is 0. The van der Waals surface area contributed by atoms with Crippen LogP contribution in [0.15, 0.2) is 12.1 Å². The molecule has 1 aromatic heterocycles. The lowest BCUT2D eigenvalue weighted by atomic mass is 9.74. The Hall–Kier alpha value is -2.15. The Morgan fingerprint density at radius 1 is 1.21 bits per heavy atom. The van der Waals surface area contributed by atoms with Gasteiger partial charge in [0.15, 0.2) is 5.96 Å². The number of carbonyl (C=O) groups excluding carboxylic acids is 2. The molecule has 3 N–H and O–H groups in total. The van der Waals surface area contributed by atoms with Crippen LogP contribution in [0.3, 0.4) is 0 Å². The van der Waals surface area contributed by atoms with E-state index in [2.05, 4.69) is 15.6 Å². The largest absolute Gasteiger partial charge is 0.349 e. The summed E-state index contributed by atoms with van der Waals surface area (Å²) in [7, 11) is 1.70. The fourth-order valence-electron chi connectivity index (χ4n) is 6.25. The number of hydrogen-bond acceptors (Lipinski definition) is 4. The zero-order valence-electron chi connectivity index (χ0n) is 20.5. The van der Waals surface area contributed by atoms with Crippen molar-refractivity contribution in [1.82, 2.24) is 20.5 Å². The Morgan fingerprint density at radius 3 is 2.62 bits per heavy atom. The highest BCUT2D eigenvalue weighted by Gasteiger charge is 2.49. The fourth-order valence-corrected chi connectivity index (χ4v) is 6.50. The first-order chi connectivity index (χ1) is 16.3. The smallest absolute Gasteiger partial charge is 0.254 e. The second-order valence-electron chi connectivity index (χ2n) is 10.7. The molecular weight excluding hydrogens is 450 g/mol. The first kappa shape index (κ1) is 25.0. The number of aryl methyl sites for hydroxylation is 1. The van der Waals surface area contributed by atoms with Gasteiger partial charge in [0.1, 0.15) is 10.7 Å². The third-order valence-corrected chi connectivity index (χ3v) is 8.24. The molecule has 8 heteroatoms. The Balaban J connectivity index is 1.41. The Labute approximate surface area is 207 Å². The lowest BCUT2D eigenvalue weighted by Gasteiger charge is -2.36. The van der Waals surface area contributed by atoms with Gasteiger partial charge in [-0.3, -0.25) is 19.9 Å². The Bertz CT molecular complexity index is 912. The number of guanidine groups is 1. The van der Waals surface area contributed by atoms with Gasteiger partial charge in [-0.2, -0.15) is 0 Å². The molecular formula is C26H38ClN5O2. The molecule has 7 nitrogen and oxygen atoms in total. The van der Waals surface area contributed by atoms with Gasteiger partial charge in [0.25, 0.3) is 11.8 Å². The van der Waals surface area contributed by atoms with Crippen molar-refractivity contribution in [2.45, 2.75) is 95.6 Å². The van der Waals surface area contributed by atoms with Gasteiger partial charge in [0, 0.05) is 24.3 Å². The molecule has 3 fully saturated rings. The third-order valence-electron chi connectivity index (χ3n) is 8.05. The van der Waals surface area contributed by atoms with E-state index in [9.17, 15) is 9.59 Å². The number of aromatic nitrogens is 1. The van der Waals surface area contributed by atoms with E-state index in [0.717, 1.165) is 50.6 Å². The topological polar surface area (TPSA) is 98.2 Å². The van der Waals surface area contributed by atoms with Crippen molar-refractivity contribution in [1.29, 1.82) is 5.41 Å². The highest BCUT2D eigenvalue weighted by Crippen LogP contribution is 2.38. The predicted octanol–water partition coefficient (Wildman–Crippen LogP) is 4.82. The SMILES string of the molecule is Cc1cc(C(=O)N[C@H]2CCC[C@H](C[C@@]3(CCC4CCCCC4)NC(=N)N(C)C3=O)C2)cc(Cl)n1. The molecule has 0 bridgehead atoms. The van der Waals surface area contributed by atoms with E-state index in [0.29, 0.717) is 22.6 Å². The van der Waals surface area contributed by atoms with E-state index < -0.39 is 5.54 Å². The quantitative estimate of drug-likeness (QED) is 0.480. The van der Waals surface area contributed by atoms with Crippen LogP contribution in [0.5, 0.6) is 0 Å². The summed E-state index contributed by atoms with van der Waals surface area (Å²) in [4.78, 5) is 31.8. The minimum absolute atomic E-state index is 0.0290.